The minimum atomic E-state index is -1.14. The number of carbonyl (C=O) groups excluding carboxylic acids is 1. The lowest BCUT2D eigenvalue weighted by molar-refractivity contribution is 0.0599. The summed E-state index contributed by atoms with van der Waals surface area (Å²) in [7, 11) is 0. The van der Waals surface area contributed by atoms with Gasteiger partial charge >= 0.3 is 6.03 Å². The molecule has 21 heavy (non-hydrogen) atoms. The molecule has 0 bridgehead atoms. The lowest BCUT2D eigenvalue weighted by Gasteiger charge is -2.24. The highest BCUT2D eigenvalue weighted by atomic mass is 35.5. The van der Waals surface area contributed by atoms with Crippen LogP contribution in [-0.4, -0.2) is 17.7 Å². The fourth-order valence-corrected chi connectivity index (χ4v) is 2.06. The van der Waals surface area contributed by atoms with Crippen LogP contribution in [0.2, 0.25) is 5.02 Å². The number of benzene rings is 2. The van der Waals surface area contributed by atoms with Crippen molar-refractivity contribution in [3.8, 4) is 0 Å². The van der Waals surface area contributed by atoms with E-state index in [1.54, 1.807) is 31.2 Å². The summed E-state index contributed by atoms with van der Waals surface area (Å²) in [5.41, 5.74) is 0.123. The zero-order chi connectivity index (χ0) is 15.3. The lowest BCUT2D eigenvalue weighted by Crippen LogP contribution is -2.40. The summed E-state index contributed by atoms with van der Waals surface area (Å²) in [6.07, 6.45) is 0. The van der Waals surface area contributed by atoms with E-state index in [0.717, 1.165) is 5.56 Å². The van der Waals surface area contributed by atoms with Gasteiger partial charge in [-0.1, -0.05) is 54.1 Å². The molecule has 2 aromatic carbocycles. The molecule has 0 spiro atoms. The summed E-state index contributed by atoms with van der Waals surface area (Å²) in [6, 6.07) is 15.7. The highest BCUT2D eigenvalue weighted by Gasteiger charge is 2.23. The van der Waals surface area contributed by atoms with Gasteiger partial charge in [-0.25, -0.2) is 4.79 Å². The summed E-state index contributed by atoms with van der Waals surface area (Å²) < 4.78 is 0. The van der Waals surface area contributed by atoms with E-state index in [9.17, 15) is 9.90 Å². The van der Waals surface area contributed by atoms with Gasteiger partial charge in [0.15, 0.2) is 0 Å². The Morgan fingerprint density at radius 1 is 1.14 bits per heavy atom. The van der Waals surface area contributed by atoms with Crippen LogP contribution in [0.15, 0.2) is 54.6 Å². The van der Waals surface area contributed by atoms with Crippen LogP contribution in [0.1, 0.15) is 12.5 Å². The summed E-state index contributed by atoms with van der Waals surface area (Å²) in [4.78, 5) is 11.9. The Morgan fingerprint density at radius 2 is 1.76 bits per heavy atom. The van der Waals surface area contributed by atoms with E-state index in [4.69, 9.17) is 11.6 Å². The zero-order valence-electron chi connectivity index (χ0n) is 11.6. The second kappa shape index (κ2) is 6.61. The molecule has 1 atom stereocenters. The molecule has 3 N–H and O–H groups in total. The number of rotatable bonds is 4. The maximum absolute atomic E-state index is 11.9. The molecule has 2 amide bonds. The first-order valence-electron chi connectivity index (χ1n) is 6.56. The van der Waals surface area contributed by atoms with E-state index < -0.39 is 11.6 Å². The van der Waals surface area contributed by atoms with E-state index in [-0.39, 0.29) is 6.54 Å². The van der Waals surface area contributed by atoms with Gasteiger partial charge in [0.25, 0.3) is 0 Å². The first-order chi connectivity index (χ1) is 9.99. The molecule has 2 aromatic rings. The van der Waals surface area contributed by atoms with Crippen molar-refractivity contribution in [1.29, 1.82) is 0 Å². The highest BCUT2D eigenvalue weighted by Crippen LogP contribution is 2.21. The minimum absolute atomic E-state index is 0.0906. The second-order valence-electron chi connectivity index (χ2n) is 4.93. The fraction of sp³-hybridized carbons (Fsp3) is 0.188. The van der Waals surface area contributed by atoms with Crippen molar-refractivity contribution in [1.82, 2.24) is 5.32 Å². The van der Waals surface area contributed by atoms with Gasteiger partial charge in [0.1, 0.15) is 5.60 Å². The molecule has 110 valence electrons. The molecular weight excluding hydrogens is 288 g/mol. The van der Waals surface area contributed by atoms with Gasteiger partial charge in [-0.2, -0.15) is 0 Å². The number of aliphatic hydroxyl groups is 1. The van der Waals surface area contributed by atoms with Crippen LogP contribution in [0.5, 0.6) is 0 Å². The van der Waals surface area contributed by atoms with Gasteiger partial charge in [0.2, 0.25) is 0 Å². The van der Waals surface area contributed by atoms with Gasteiger partial charge in [0, 0.05) is 0 Å². The minimum Gasteiger partial charge on any atom is -0.384 e. The van der Waals surface area contributed by atoms with Gasteiger partial charge in [-0.15, -0.1) is 0 Å². The molecule has 0 saturated carbocycles. The van der Waals surface area contributed by atoms with E-state index in [2.05, 4.69) is 10.6 Å². The number of anilines is 1. The molecule has 0 fully saturated rings. The Hall–Kier alpha value is -2.04. The molecule has 4 nitrogen and oxygen atoms in total. The molecule has 0 aliphatic carbocycles. The van der Waals surface area contributed by atoms with Crippen LogP contribution in [0, 0.1) is 0 Å². The Morgan fingerprint density at radius 3 is 2.43 bits per heavy atom. The van der Waals surface area contributed by atoms with Crippen LogP contribution in [0.25, 0.3) is 0 Å². The van der Waals surface area contributed by atoms with Crippen LogP contribution in [0.3, 0.4) is 0 Å². The predicted molar refractivity (Wildman–Crippen MR) is 84.5 cm³/mol. The largest absolute Gasteiger partial charge is 0.384 e. The quantitative estimate of drug-likeness (QED) is 0.811. The van der Waals surface area contributed by atoms with E-state index >= 15 is 0 Å². The van der Waals surface area contributed by atoms with Crippen LogP contribution in [-0.2, 0) is 5.60 Å². The standard InChI is InChI=1S/C16H17ClN2O2/c1-16(21,12-7-3-2-4-8-12)11-18-15(20)19-14-10-6-5-9-13(14)17/h2-10,21H,11H2,1H3,(H2,18,19,20). The van der Waals surface area contributed by atoms with E-state index in [1.807, 2.05) is 30.3 Å². The molecule has 2 rings (SSSR count). The Bertz CT molecular complexity index is 615. The number of hydrogen-bond acceptors (Lipinski definition) is 2. The van der Waals surface area contributed by atoms with E-state index in [1.165, 1.54) is 0 Å². The first kappa shape index (κ1) is 15.4. The van der Waals surface area contributed by atoms with Gasteiger partial charge < -0.3 is 15.7 Å². The van der Waals surface area contributed by atoms with Crippen molar-refractivity contribution < 1.29 is 9.90 Å². The molecule has 0 aliphatic heterocycles. The fourth-order valence-electron chi connectivity index (χ4n) is 1.88. The van der Waals surface area contributed by atoms with Crippen molar-refractivity contribution in [3.05, 3.63) is 65.2 Å². The van der Waals surface area contributed by atoms with Gasteiger partial charge in [-0.3, -0.25) is 0 Å². The number of para-hydroxylation sites is 1. The summed E-state index contributed by atoms with van der Waals surface area (Å²) in [5, 5.41) is 16.1. The SMILES string of the molecule is CC(O)(CNC(=O)Nc1ccccc1Cl)c1ccccc1. The Labute approximate surface area is 128 Å². The first-order valence-corrected chi connectivity index (χ1v) is 6.94. The number of nitrogens with one attached hydrogen (secondary N) is 2. The van der Waals surface area contributed by atoms with Gasteiger partial charge in [0.05, 0.1) is 17.3 Å². The number of urea groups is 1. The van der Waals surface area contributed by atoms with Gasteiger partial charge in [-0.05, 0) is 24.6 Å². The smallest absolute Gasteiger partial charge is 0.319 e. The zero-order valence-corrected chi connectivity index (χ0v) is 12.4. The number of hydrogen-bond donors (Lipinski definition) is 3. The Balaban J connectivity index is 1.94. The maximum atomic E-state index is 11.9. The molecule has 0 aromatic heterocycles. The average Bonchev–Trinajstić information content (AvgIpc) is 2.49. The lowest BCUT2D eigenvalue weighted by atomic mass is 9.96. The second-order valence-corrected chi connectivity index (χ2v) is 5.33. The van der Waals surface area contributed by atoms with Crippen molar-refractivity contribution in [2.45, 2.75) is 12.5 Å². The third-order valence-corrected chi connectivity index (χ3v) is 3.44. The monoisotopic (exact) mass is 304 g/mol. The van der Waals surface area contributed by atoms with E-state index in [0.29, 0.717) is 10.7 Å². The number of carbonyl (C=O) groups is 1. The van der Waals surface area contributed by atoms with Crippen molar-refractivity contribution in [2.75, 3.05) is 11.9 Å². The normalized spacial score (nSPS) is 13.3. The third kappa shape index (κ3) is 4.21. The highest BCUT2D eigenvalue weighted by molar-refractivity contribution is 6.33. The number of halogens is 1. The molecule has 1 unspecified atom stereocenters. The molecule has 0 radical (unpaired) electrons. The molecule has 0 saturated heterocycles. The van der Waals surface area contributed by atoms with Crippen LogP contribution in [0.4, 0.5) is 10.5 Å². The average molecular weight is 305 g/mol. The van der Waals surface area contributed by atoms with Crippen molar-refractivity contribution >= 4 is 23.3 Å². The Kier molecular flexibility index (Phi) is 4.83. The maximum Gasteiger partial charge on any atom is 0.319 e. The molecule has 0 heterocycles. The molecular formula is C16H17ClN2O2. The topological polar surface area (TPSA) is 61.4 Å². The third-order valence-electron chi connectivity index (χ3n) is 3.11. The molecule has 0 aliphatic rings. The number of amides is 2. The summed E-state index contributed by atoms with van der Waals surface area (Å²) >= 11 is 5.96. The molecule has 5 heteroatoms. The summed E-state index contributed by atoms with van der Waals surface area (Å²) in [6.45, 7) is 1.74. The van der Waals surface area contributed by atoms with Crippen molar-refractivity contribution in [3.63, 3.8) is 0 Å². The van der Waals surface area contributed by atoms with Crippen LogP contribution >= 0.6 is 11.6 Å². The summed E-state index contributed by atoms with van der Waals surface area (Å²) in [5.74, 6) is 0. The predicted octanol–water partition coefficient (Wildman–Crippen LogP) is 3.37. The van der Waals surface area contributed by atoms with Crippen LogP contribution < -0.4 is 10.6 Å². The van der Waals surface area contributed by atoms with Crippen molar-refractivity contribution in [2.24, 2.45) is 0 Å².